The zero-order valence-corrected chi connectivity index (χ0v) is 20.5. The molecule has 3 aromatic rings. The van der Waals surface area contributed by atoms with E-state index in [2.05, 4.69) is 0 Å². The smallest absolute Gasteiger partial charge is 0.271 e. The van der Waals surface area contributed by atoms with Gasteiger partial charge in [0, 0.05) is 41.6 Å². The van der Waals surface area contributed by atoms with Gasteiger partial charge in [0.1, 0.15) is 11.6 Å². The van der Waals surface area contributed by atoms with Crippen molar-refractivity contribution in [1.29, 1.82) is 5.26 Å². The van der Waals surface area contributed by atoms with Gasteiger partial charge in [-0.05, 0) is 49.3 Å². The molecule has 0 radical (unpaired) electrons. The number of aromatic nitrogens is 2. The van der Waals surface area contributed by atoms with Gasteiger partial charge >= 0.3 is 0 Å². The minimum absolute atomic E-state index is 0.0488. The molecule has 1 aliphatic rings. The van der Waals surface area contributed by atoms with Crippen molar-refractivity contribution in [3.8, 4) is 23.0 Å². The largest absolute Gasteiger partial charge is 0.274 e. The Morgan fingerprint density at radius 2 is 1.76 bits per heavy atom. The van der Waals surface area contributed by atoms with Gasteiger partial charge in [-0.3, -0.25) is 24.6 Å². The number of amides is 2. The van der Waals surface area contributed by atoms with Crippen LogP contribution in [0.2, 0.25) is 0 Å². The maximum atomic E-state index is 13.4. The van der Waals surface area contributed by atoms with Crippen LogP contribution in [0.15, 0.2) is 77.5 Å². The van der Waals surface area contributed by atoms with Crippen LogP contribution in [0, 0.1) is 21.4 Å². The lowest BCUT2D eigenvalue weighted by Gasteiger charge is -2.27. The number of rotatable bonds is 8. The minimum Gasteiger partial charge on any atom is -0.274 e. The molecule has 1 aromatic heterocycles. The summed E-state index contributed by atoms with van der Waals surface area (Å²) in [4.78, 5) is 38.1. The molecule has 0 unspecified atom stereocenters. The number of unbranched alkanes of at least 4 members (excludes halogenated alkanes) is 2. The van der Waals surface area contributed by atoms with E-state index >= 15 is 0 Å². The molecule has 9 nitrogen and oxygen atoms in total. The molecule has 0 aliphatic carbocycles. The number of para-hydroxylation sites is 1. The van der Waals surface area contributed by atoms with E-state index in [9.17, 15) is 25.0 Å². The Hall–Kier alpha value is -4.84. The lowest BCUT2D eigenvalue weighted by atomic mass is 9.93. The molecule has 0 fully saturated rings. The molecule has 0 atom stereocenters. The lowest BCUT2D eigenvalue weighted by Crippen LogP contribution is -2.43. The summed E-state index contributed by atoms with van der Waals surface area (Å²) in [5.41, 5.74) is 2.91. The third-order valence-electron chi connectivity index (χ3n) is 6.23. The highest BCUT2D eigenvalue weighted by molar-refractivity contribution is 6.19. The van der Waals surface area contributed by atoms with Gasteiger partial charge < -0.3 is 0 Å². The average molecular weight is 496 g/mol. The van der Waals surface area contributed by atoms with Crippen molar-refractivity contribution in [2.24, 2.45) is 0 Å². The number of imide groups is 1. The summed E-state index contributed by atoms with van der Waals surface area (Å²) in [5.74, 6) is -1.03. The summed E-state index contributed by atoms with van der Waals surface area (Å²) in [7, 11) is 0. The molecule has 37 heavy (non-hydrogen) atoms. The summed E-state index contributed by atoms with van der Waals surface area (Å²) in [5, 5.41) is 25.5. The summed E-state index contributed by atoms with van der Waals surface area (Å²) in [6.07, 6.45) is 5.82. The lowest BCUT2D eigenvalue weighted by molar-refractivity contribution is -0.384. The standard InChI is InChI=1S/C28H25N5O4/c1-3-4-8-15-31-27(34)24(19(2)25(17-29)28(31)35)16-21-18-32(22-9-6-5-7-10-22)30-26(21)20-11-13-23(14-12-20)33(36)37/h5-7,9-14,16,18H,3-4,8,15H2,1-2H3/b24-16+. The van der Waals surface area contributed by atoms with Gasteiger partial charge in [-0.15, -0.1) is 0 Å². The average Bonchev–Trinajstić information content (AvgIpc) is 3.33. The highest BCUT2D eigenvalue weighted by Crippen LogP contribution is 2.32. The maximum Gasteiger partial charge on any atom is 0.271 e. The van der Waals surface area contributed by atoms with Crippen molar-refractivity contribution in [3.63, 3.8) is 0 Å². The highest BCUT2D eigenvalue weighted by atomic mass is 16.6. The summed E-state index contributed by atoms with van der Waals surface area (Å²) in [6, 6.07) is 17.3. The number of nitro benzene ring substituents is 1. The molecule has 0 saturated carbocycles. The van der Waals surface area contributed by atoms with Crippen molar-refractivity contribution >= 4 is 23.6 Å². The number of carbonyl (C=O) groups is 2. The van der Waals surface area contributed by atoms with Crippen LogP contribution in [0.25, 0.3) is 23.0 Å². The molecule has 0 saturated heterocycles. The summed E-state index contributed by atoms with van der Waals surface area (Å²) < 4.78 is 1.66. The molecule has 1 aliphatic heterocycles. The molecule has 2 amide bonds. The molecule has 4 rings (SSSR count). The predicted octanol–water partition coefficient (Wildman–Crippen LogP) is 5.23. The number of nitro groups is 1. The normalized spacial score (nSPS) is 14.8. The molecule has 0 N–H and O–H groups in total. The number of non-ortho nitro benzene ring substituents is 1. The topological polar surface area (TPSA) is 122 Å². The third kappa shape index (κ3) is 5.09. The maximum absolute atomic E-state index is 13.4. The molecule has 2 heterocycles. The van der Waals surface area contributed by atoms with E-state index in [1.807, 2.05) is 43.3 Å². The van der Waals surface area contributed by atoms with Crippen LogP contribution >= 0.6 is 0 Å². The number of carbonyl (C=O) groups excluding carboxylic acids is 2. The summed E-state index contributed by atoms with van der Waals surface area (Å²) >= 11 is 0. The Morgan fingerprint density at radius 3 is 2.38 bits per heavy atom. The van der Waals surface area contributed by atoms with E-state index in [-0.39, 0.29) is 23.4 Å². The monoisotopic (exact) mass is 495 g/mol. The Kier molecular flexibility index (Phi) is 7.39. The molecular weight excluding hydrogens is 470 g/mol. The van der Waals surface area contributed by atoms with Crippen molar-refractivity contribution < 1.29 is 14.5 Å². The van der Waals surface area contributed by atoms with E-state index in [1.165, 1.54) is 12.1 Å². The van der Waals surface area contributed by atoms with Crippen LogP contribution in [-0.2, 0) is 9.59 Å². The number of nitriles is 1. The fourth-order valence-electron chi connectivity index (χ4n) is 4.18. The van der Waals surface area contributed by atoms with Crippen molar-refractivity contribution in [3.05, 3.63) is 93.2 Å². The molecule has 0 spiro atoms. The van der Waals surface area contributed by atoms with Crippen molar-refractivity contribution in [2.45, 2.75) is 33.1 Å². The second kappa shape index (κ2) is 10.8. The SMILES string of the molecule is CCCCCN1C(=O)C(C#N)=C(C)/C(=C\c2cn(-c3ccccc3)nc2-c2ccc([N+](=O)[O-])cc2)C1=O. The molecular formula is C28H25N5O4. The third-order valence-corrected chi connectivity index (χ3v) is 6.23. The van der Waals surface area contributed by atoms with Crippen LogP contribution in [0.3, 0.4) is 0 Å². The van der Waals surface area contributed by atoms with Crippen LogP contribution < -0.4 is 0 Å². The van der Waals surface area contributed by atoms with Gasteiger partial charge in [0.2, 0.25) is 0 Å². The van der Waals surface area contributed by atoms with Crippen molar-refractivity contribution in [1.82, 2.24) is 14.7 Å². The number of hydrogen-bond donors (Lipinski definition) is 0. The van der Waals surface area contributed by atoms with E-state index in [1.54, 1.807) is 36.0 Å². The minimum atomic E-state index is -0.575. The van der Waals surface area contributed by atoms with Gasteiger partial charge in [0.15, 0.2) is 0 Å². The Balaban J connectivity index is 1.86. The van der Waals surface area contributed by atoms with Gasteiger partial charge in [-0.1, -0.05) is 38.0 Å². The van der Waals surface area contributed by atoms with E-state index in [4.69, 9.17) is 5.10 Å². The van der Waals surface area contributed by atoms with Gasteiger partial charge in [-0.25, -0.2) is 4.68 Å². The van der Waals surface area contributed by atoms with E-state index in [0.717, 1.165) is 23.4 Å². The second-order valence-electron chi connectivity index (χ2n) is 8.66. The molecule has 0 bridgehead atoms. The highest BCUT2D eigenvalue weighted by Gasteiger charge is 2.35. The van der Waals surface area contributed by atoms with Crippen LogP contribution in [0.5, 0.6) is 0 Å². The van der Waals surface area contributed by atoms with Crippen LogP contribution in [0.1, 0.15) is 38.7 Å². The zero-order valence-electron chi connectivity index (χ0n) is 20.5. The van der Waals surface area contributed by atoms with Crippen molar-refractivity contribution in [2.75, 3.05) is 6.54 Å². The van der Waals surface area contributed by atoms with Gasteiger partial charge in [0.05, 0.1) is 16.3 Å². The van der Waals surface area contributed by atoms with Crippen LogP contribution in [0.4, 0.5) is 5.69 Å². The fourth-order valence-corrected chi connectivity index (χ4v) is 4.18. The summed E-state index contributed by atoms with van der Waals surface area (Å²) in [6.45, 7) is 3.86. The predicted molar refractivity (Wildman–Crippen MR) is 138 cm³/mol. The number of nitrogens with zero attached hydrogens (tertiary/aromatic N) is 5. The molecule has 186 valence electrons. The fraction of sp³-hybridized carbons (Fsp3) is 0.214. The quantitative estimate of drug-likeness (QED) is 0.139. The Morgan fingerprint density at radius 1 is 1.05 bits per heavy atom. The van der Waals surface area contributed by atoms with Gasteiger partial charge in [0.25, 0.3) is 17.5 Å². The number of hydrogen-bond acceptors (Lipinski definition) is 6. The second-order valence-corrected chi connectivity index (χ2v) is 8.66. The van der Waals surface area contributed by atoms with Crippen LogP contribution in [-0.4, -0.2) is 38.0 Å². The first kappa shape index (κ1) is 25.3. The Bertz CT molecular complexity index is 1460. The zero-order chi connectivity index (χ0) is 26.5. The first-order valence-electron chi connectivity index (χ1n) is 11.9. The first-order valence-corrected chi connectivity index (χ1v) is 11.9. The number of benzene rings is 2. The molecule has 9 heteroatoms. The van der Waals surface area contributed by atoms with E-state index < -0.39 is 16.7 Å². The van der Waals surface area contributed by atoms with E-state index in [0.29, 0.717) is 28.8 Å². The first-order chi connectivity index (χ1) is 17.8. The van der Waals surface area contributed by atoms with Gasteiger partial charge in [-0.2, -0.15) is 10.4 Å². The Labute approximate surface area is 214 Å². The molecule has 2 aromatic carbocycles.